The van der Waals surface area contributed by atoms with Gasteiger partial charge in [-0.1, -0.05) is 73.9 Å². The van der Waals surface area contributed by atoms with E-state index in [1.807, 2.05) is 6.07 Å². The van der Waals surface area contributed by atoms with E-state index in [9.17, 15) is 0 Å². The van der Waals surface area contributed by atoms with E-state index in [4.69, 9.17) is 16.3 Å². The highest BCUT2D eigenvalue weighted by Crippen LogP contribution is 2.63. The number of nitrogens with zero attached hydrogens (tertiary/aromatic N) is 2. The fourth-order valence-electron chi connectivity index (χ4n) is 6.68. The molecule has 0 aliphatic heterocycles. The van der Waals surface area contributed by atoms with E-state index in [1.54, 1.807) is 7.11 Å². The van der Waals surface area contributed by atoms with Crippen molar-refractivity contribution in [1.82, 2.24) is 9.13 Å². The van der Waals surface area contributed by atoms with Crippen LogP contribution in [0.5, 0.6) is 5.75 Å². The normalized spacial score (nSPS) is 14.1. The molecule has 0 spiro atoms. The molecule has 1 heterocycles. The van der Waals surface area contributed by atoms with E-state index in [0.717, 1.165) is 22.7 Å². The molecule has 0 bridgehead atoms. The number of aromatic nitrogens is 1. The highest BCUT2D eigenvalue weighted by atomic mass is 35.5. The lowest BCUT2D eigenvalue weighted by molar-refractivity contribution is 0.403. The van der Waals surface area contributed by atoms with Crippen LogP contribution in [-0.4, -0.2) is 38.6 Å². The summed E-state index contributed by atoms with van der Waals surface area (Å²) in [6, 6.07) is 4.13. The lowest BCUT2D eigenvalue weighted by Crippen LogP contribution is -2.63. The van der Waals surface area contributed by atoms with E-state index >= 15 is 0 Å². The molecule has 0 unspecified atom stereocenters. The van der Waals surface area contributed by atoms with Crippen LogP contribution in [0.1, 0.15) is 67.9 Å². The Morgan fingerprint density at radius 3 is 1.79 bits per heavy atom. The Bertz CT molecular complexity index is 843. The molecule has 0 saturated heterocycles. The minimum absolute atomic E-state index is 0.125. The van der Waals surface area contributed by atoms with Crippen LogP contribution in [-0.2, 0) is 6.54 Å². The number of hydrogen-bond acceptors (Lipinski definition) is 2. The molecule has 1 aromatic carbocycles. The average Bonchev–Trinajstić information content (AvgIpc) is 2.81. The van der Waals surface area contributed by atoms with Crippen LogP contribution in [0.4, 0.5) is 0 Å². The third kappa shape index (κ3) is 3.88. The van der Waals surface area contributed by atoms with Crippen LogP contribution >= 0.6 is 11.6 Å². The van der Waals surface area contributed by atoms with Crippen LogP contribution in [0.3, 0.4) is 0 Å². The number of methoxy groups -OCH3 is 1. The van der Waals surface area contributed by atoms with Crippen LogP contribution in [0, 0.1) is 0 Å². The maximum absolute atomic E-state index is 6.84. The zero-order valence-corrected chi connectivity index (χ0v) is 22.4. The number of hydrogen-bond donors (Lipinski definition) is 0. The van der Waals surface area contributed by atoms with Gasteiger partial charge < -0.3 is 13.9 Å². The van der Waals surface area contributed by atoms with Crippen molar-refractivity contribution in [1.29, 1.82) is 0 Å². The molecule has 164 valence electrons. The lowest BCUT2D eigenvalue weighted by atomic mass is 10.1. The standard InChI is InChI=1S/C24H41ClN2OSi/c1-22(2,3)29(23(4,5)6,24(7,8)9)27-16-17(15-26(10)11)21-19(25)13-18(28-12)14-20(21)27/h13-14,16H,15H2,1-12H3. The number of benzene rings is 1. The fourth-order valence-corrected chi connectivity index (χ4v) is 16.8. The quantitative estimate of drug-likeness (QED) is 0.460. The number of rotatable bonds is 4. The summed E-state index contributed by atoms with van der Waals surface area (Å²) in [7, 11) is 3.70. The predicted octanol–water partition coefficient (Wildman–Crippen LogP) is 7.56. The Morgan fingerprint density at radius 1 is 0.931 bits per heavy atom. The van der Waals surface area contributed by atoms with Crippen molar-refractivity contribution < 1.29 is 4.74 Å². The molecule has 0 atom stereocenters. The van der Waals surface area contributed by atoms with Crippen molar-refractivity contribution in [3.63, 3.8) is 0 Å². The predicted molar refractivity (Wildman–Crippen MR) is 131 cm³/mol. The van der Waals surface area contributed by atoms with Crippen LogP contribution in [0.25, 0.3) is 10.9 Å². The van der Waals surface area contributed by atoms with Gasteiger partial charge in [-0.15, -0.1) is 0 Å². The van der Waals surface area contributed by atoms with Gasteiger partial charge >= 0.3 is 0 Å². The van der Waals surface area contributed by atoms with Crippen molar-refractivity contribution in [3.05, 3.63) is 28.9 Å². The Balaban J connectivity index is 3.13. The molecule has 0 amide bonds. The molecule has 0 saturated carbocycles. The first-order chi connectivity index (χ1) is 13.0. The fraction of sp³-hybridized carbons (Fsp3) is 0.667. The van der Waals surface area contributed by atoms with Crippen molar-refractivity contribution >= 4 is 30.7 Å². The van der Waals surface area contributed by atoms with E-state index in [0.29, 0.717) is 0 Å². The third-order valence-corrected chi connectivity index (χ3v) is 14.2. The number of halogens is 1. The highest BCUT2D eigenvalue weighted by Gasteiger charge is 2.62. The average molecular weight is 437 g/mol. The molecule has 1 aromatic heterocycles. The van der Waals surface area contributed by atoms with E-state index in [2.05, 4.69) is 97.8 Å². The second kappa shape index (κ2) is 7.62. The smallest absolute Gasteiger partial charge is 0.177 e. The number of fused-ring (bicyclic) bond motifs is 1. The summed E-state index contributed by atoms with van der Waals surface area (Å²) in [4.78, 5) is 2.22. The zero-order valence-electron chi connectivity index (χ0n) is 20.6. The summed E-state index contributed by atoms with van der Waals surface area (Å²) in [6.07, 6.45) is 2.41. The molecule has 0 fully saturated rings. The monoisotopic (exact) mass is 436 g/mol. The molecule has 2 rings (SSSR count). The van der Waals surface area contributed by atoms with Crippen molar-refractivity contribution in [2.45, 2.75) is 84.0 Å². The molecular formula is C24H41ClN2OSi. The van der Waals surface area contributed by atoms with Crippen LogP contribution in [0.2, 0.25) is 20.1 Å². The van der Waals surface area contributed by atoms with Gasteiger partial charge in [0, 0.05) is 29.7 Å². The summed E-state index contributed by atoms with van der Waals surface area (Å²) in [5, 5.41) is 2.31. The Morgan fingerprint density at radius 2 is 1.41 bits per heavy atom. The summed E-state index contributed by atoms with van der Waals surface area (Å²) in [5.41, 5.74) is 2.49. The van der Waals surface area contributed by atoms with Crippen LogP contribution in [0.15, 0.2) is 18.3 Å². The van der Waals surface area contributed by atoms with Gasteiger partial charge in [-0.25, -0.2) is 0 Å². The van der Waals surface area contributed by atoms with Gasteiger partial charge in [-0.2, -0.15) is 0 Å². The second-order valence-electron chi connectivity index (χ2n) is 11.7. The van der Waals surface area contributed by atoms with Gasteiger partial charge in [0.25, 0.3) is 0 Å². The molecular weight excluding hydrogens is 396 g/mol. The van der Waals surface area contributed by atoms with Crippen molar-refractivity contribution in [3.8, 4) is 5.75 Å². The molecule has 0 radical (unpaired) electrons. The molecule has 2 aromatic rings. The van der Waals surface area contributed by atoms with E-state index < -0.39 is 8.24 Å². The first-order valence-corrected chi connectivity index (χ1v) is 12.8. The Hall–Kier alpha value is -0.973. The molecule has 5 heteroatoms. The van der Waals surface area contributed by atoms with Gasteiger partial charge in [0.1, 0.15) is 5.75 Å². The third-order valence-electron chi connectivity index (χ3n) is 6.25. The summed E-state index contributed by atoms with van der Waals surface area (Å²) in [5.74, 6) is 0.817. The van der Waals surface area contributed by atoms with Crippen LogP contribution < -0.4 is 4.74 Å². The van der Waals surface area contributed by atoms with Crippen molar-refractivity contribution in [2.24, 2.45) is 0 Å². The van der Waals surface area contributed by atoms with E-state index in [1.165, 1.54) is 11.1 Å². The van der Waals surface area contributed by atoms with Gasteiger partial charge in [0.15, 0.2) is 8.24 Å². The Kier molecular flexibility index (Phi) is 6.38. The lowest BCUT2D eigenvalue weighted by Gasteiger charge is -2.59. The van der Waals surface area contributed by atoms with Gasteiger partial charge in [-0.05, 0) is 40.8 Å². The molecule has 0 aliphatic carbocycles. The molecule has 3 nitrogen and oxygen atoms in total. The largest absolute Gasteiger partial charge is 0.497 e. The zero-order chi connectivity index (χ0) is 22.6. The Labute approximate surface area is 184 Å². The molecule has 0 aliphatic rings. The maximum atomic E-state index is 6.84. The maximum Gasteiger partial charge on any atom is 0.177 e. The summed E-state index contributed by atoms with van der Waals surface area (Å²) < 4.78 is 8.29. The first-order valence-electron chi connectivity index (χ1n) is 10.5. The van der Waals surface area contributed by atoms with Crippen molar-refractivity contribution in [2.75, 3.05) is 21.2 Å². The molecule has 29 heavy (non-hydrogen) atoms. The minimum atomic E-state index is -2.25. The topological polar surface area (TPSA) is 17.4 Å². The number of ether oxygens (including phenoxy) is 1. The summed E-state index contributed by atoms with van der Waals surface area (Å²) in [6.45, 7) is 22.7. The van der Waals surface area contributed by atoms with E-state index in [-0.39, 0.29) is 15.1 Å². The molecule has 0 N–H and O–H groups in total. The first kappa shape index (κ1) is 24.3. The second-order valence-corrected chi connectivity index (χ2v) is 18.5. The summed E-state index contributed by atoms with van der Waals surface area (Å²) >= 11 is 6.84. The minimum Gasteiger partial charge on any atom is -0.497 e. The van der Waals surface area contributed by atoms with Gasteiger partial charge in [-0.3, -0.25) is 0 Å². The SMILES string of the molecule is COc1cc(Cl)c2c(CN(C)C)cn([Si](C(C)(C)C)(C(C)(C)C)C(C)(C)C)c2c1. The van der Waals surface area contributed by atoms with Gasteiger partial charge in [0.05, 0.1) is 12.1 Å². The van der Waals surface area contributed by atoms with Gasteiger partial charge in [0.2, 0.25) is 0 Å². The highest BCUT2D eigenvalue weighted by molar-refractivity contribution is 6.86.